The average molecular weight is 260 g/mol. The van der Waals surface area contributed by atoms with Crippen molar-refractivity contribution in [2.24, 2.45) is 0 Å². The summed E-state index contributed by atoms with van der Waals surface area (Å²) in [5, 5.41) is 3.64. The van der Waals surface area contributed by atoms with E-state index in [0.29, 0.717) is 6.04 Å². The Hall–Kier alpha value is -0.860. The summed E-state index contributed by atoms with van der Waals surface area (Å²) in [5.41, 5.74) is 2.86. The van der Waals surface area contributed by atoms with Gasteiger partial charge in [0, 0.05) is 19.1 Å². The second kappa shape index (κ2) is 7.66. The highest BCUT2D eigenvalue weighted by molar-refractivity contribution is 5.24. The second-order valence-electron chi connectivity index (χ2n) is 5.72. The fourth-order valence-corrected chi connectivity index (χ4v) is 2.82. The maximum atomic E-state index is 3.64. The van der Waals surface area contributed by atoms with Crippen LogP contribution < -0.4 is 5.32 Å². The Morgan fingerprint density at radius 3 is 2.47 bits per heavy atom. The molecular weight excluding hydrogens is 232 g/mol. The van der Waals surface area contributed by atoms with Crippen LogP contribution in [0.3, 0.4) is 0 Å². The number of hydrogen-bond donors (Lipinski definition) is 1. The minimum Gasteiger partial charge on any atom is -0.309 e. The van der Waals surface area contributed by atoms with Gasteiger partial charge in [0.1, 0.15) is 0 Å². The fraction of sp³-hybridized carbons (Fsp3) is 0.647. The number of nitrogens with zero attached hydrogens (tertiary/aromatic N) is 1. The third-order valence-electron chi connectivity index (χ3n) is 4.10. The van der Waals surface area contributed by atoms with Crippen LogP contribution in [0.15, 0.2) is 24.3 Å². The Labute approximate surface area is 118 Å². The van der Waals surface area contributed by atoms with Gasteiger partial charge in [0.15, 0.2) is 0 Å². The summed E-state index contributed by atoms with van der Waals surface area (Å²) in [5.74, 6) is 0. The zero-order chi connectivity index (χ0) is 13.5. The summed E-state index contributed by atoms with van der Waals surface area (Å²) in [7, 11) is 0. The van der Waals surface area contributed by atoms with E-state index < -0.39 is 0 Å². The SMILES string of the molecule is CCCc1ccc(C(C)NCCN2CCCC2)cc1. The van der Waals surface area contributed by atoms with Crippen molar-refractivity contribution >= 4 is 0 Å². The number of likely N-dealkylation sites (tertiary alicyclic amines) is 1. The molecule has 1 unspecified atom stereocenters. The van der Waals surface area contributed by atoms with Crippen molar-refractivity contribution in [3.05, 3.63) is 35.4 Å². The first-order valence-corrected chi connectivity index (χ1v) is 7.84. The molecule has 1 aliphatic heterocycles. The Kier molecular flexibility index (Phi) is 5.87. The van der Waals surface area contributed by atoms with E-state index in [4.69, 9.17) is 0 Å². The lowest BCUT2D eigenvalue weighted by molar-refractivity contribution is 0.330. The molecule has 0 spiro atoms. The summed E-state index contributed by atoms with van der Waals surface area (Å²) in [6.45, 7) is 9.37. The molecule has 1 aromatic rings. The monoisotopic (exact) mass is 260 g/mol. The molecule has 1 atom stereocenters. The van der Waals surface area contributed by atoms with Crippen LogP contribution in [0.5, 0.6) is 0 Å². The van der Waals surface area contributed by atoms with Crippen molar-refractivity contribution in [2.45, 2.75) is 45.6 Å². The molecule has 1 N–H and O–H groups in total. The number of rotatable bonds is 7. The zero-order valence-electron chi connectivity index (χ0n) is 12.5. The molecule has 0 aliphatic carbocycles. The number of aryl methyl sites for hydroxylation is 1. The van der Waals surface area contributed by atoms with E-state index >= 15 is 0 Å². The van der Waals surface area contributed by atoms with E-state index in [1.165, 1.54) is 56.4 Å². The molecule has 0 aromatic heterocycles. The maximum absolute atomic E-state index is 3.64. The van der Waals surface area contributed by atoms with E-state index in [9.17, 15) is 0 Å². The van der Waals surface area contributed by atoms with Gasteiger partial charge in [0.25, 0.3) is 0 Å². The van der Waals surface area contributed by atoms with Gasteiger partial charge in [-0.2, -0.15) is 0 Å². The van der Waals surface area contributed by atoms with Gasteiger partial charge in [-0.3, -0.25) is 0 Å². The molecule has 1 aliphatic rings. The lowest BCUT2D eigenvalue weighted by atomic mass is 10.0. The fourth-order valence-electron chi connectivity index (χ4n) is 2.82. The van der Waals surface area contributed by atoms with Crippen LogP contribution in [-0.4, -0.2) is 31.1 Å². The highest BCUT2D eigenvalue weighted by Gasteiger charge is 2.11. The van der Waals surface area contributed by atoms with Gasteiger partial charge >= 0.3 is 0 Å². The van der Waals surface area contributed by atoms with Crippen LogP contribution in [0.25, 0.3) is 0 Å². The lowest BCUT2D eigenvalue weighted by Gasteiger charge is -2.18. The summed E-state index contributed by atoms with van der Waals surface area (Å²) in [6, 6.07) is 9.56. The van der Waals surface area contributed by atoms with Crippen molar-refractivity contribution in [1.29, 1.82) is 0 Å². The largest absolute Gasteiger partial charge is 0.309 e. The van der Waals surface area contributed by atoms with Crippen molar-refractivity contribution in [3.8, 4) is 0 Å². The second-order valence-corrected chi connectivity index (χ2v) is 5.72. The Morgan fingerprint density at radius 1 is 1.16 bits per heavy atom. The highest BCUT2D eigenvalue weighted by atomic mass is 15.1. The molecule has 1 aromatic carbocycles. The molecule has 2 nitrogen and oxygen atoms in total. The number of hydrogen-bond acceptors (Lipinski definition) is 2. The molecule has 0 amide bonds. The third-order valence-corrected chi connectivity index (χ3v) is 4.10. The van der Waals surface area contributed by atoms with Crippen LogP contribution in [0.1, 0.15) is 50.3 Å². The lowest BCUT2D eigenvalue weighted by Crippen LogP contribution is -2.31. The zero-order valence-corrected chi connectivity index (χ0v) is 12.5. The molecule has 2 rings (SSSR count). The van der Waals surface area contributed by atoms with E-state index in [-0.39, 0.29) is 0 Å². The van der Waals surface area contributed by atoms with E-state index in [2.05, 4.69) is 48.3 Å². The standard InChI is InChI=1S/C17H28N2/c1-3-6-16-7-9-17(10-8-16)15(2)18-11-14-19-12-4-5-13-19/h7-10,15,18H,3-6,11-14H2,1-2H3. The summed E-state index contributed by atoms with van der Waals surface area (Å²) in [4.78, 5) is 2.56. The van der Waals surface area contributed by atoms with Crippen LogP contribution in [0.4, 0.5) is 0 Å². The molecule has 0 radical (unpaired) electrons. The van der Waals surface area contributed by atoms with Crippen molar-refractivity contribution in [2.75, 3.05) is 26.2 Å². The van der Waals surface area contributed by atoms with Gasteiger partial charge in [-0.25, -0.2) is 0 Å². The molecule has 1 fully saturated rings. The molecule has 19 heavy (non-hydrogen) atoms. The molecule has 0 bridgehead atoms. The van der Waals surface area contributed by atoms with Crippen LogP contribution in [-0.2, 0) is 6.42 Å². The third kappa shape index (κ3) is 4.63. The van der Waals surface area contributed by atoms with Gasteiger partial charge in [-0.15, -0.1) is 0 Å². The molecular formula is C17H28N2. The smallest absolute Gasteiger partial charge is 0.0292 e. The van der Waals surface area contributed by atoms with Crippen LogP contribution in [0, 0.1) is 0 Å². The minimum atomic E-state index is 0.457. The number of nitrogens with one attached hydrogen (secondary N) is 1. The Morgan fingerprint density at radius 2 is 1.84 bits per heavy atom. The predicted octanol–water partition coefficient (Wildman–Crippen LogP) is 3.39. The van der Waals surface area contributed by atoms with E-state index in [0.717, 1.165) is 6.54 Å². The first-order valence-electron chi connectivity index (χ1n) is 7.84. The molecule has 2 heteroatoms. The van der Waals surface area contributed by atoms with E-state index in [1.54, 1.807) is 0 Å². The summed E-state index contributed by atoms with van der Waals surface area (Å²) in [6.07, 6.45) is 5.18. The van der Waals surface area contributed by atoms with Gasteiger partial charge in [0.05, 0.1) is 0 Å². The average Bonchev–Trinajstić information content (AvgIpc) is 2.93. The van der Waals surface area contributed by atoms with Gasteiger partial charge in [-0.1, -0.05) is 37.6 Å². The molecule has 0 saturated carbocycles. The van der Waals surface area contributed by atoms with Crippen molar-refractivity contribution < 1.29 is 0 Å². The van der Waals surface area contributed by atoms with Crippen LogP contribution >= 0.6 is 0 Å². The molecule has 1 saturated heterocycles. The first kappa shape index (κ1) is 14.5. The topological polar surface area (TPSA) is 15.3 Å². The van der Waals surface area contributed by atoms with Gasteiger partial charge in [0.2, 0.25) is 0 Å². The summed E-state index contributed by atoms with van der Waals surface area (Å²) >= 11 is 0. The van der Waals surface area contributed by atoms with Crippen molar-refractivity contribution in [1.82, 2.24) is 10.2 Å². The van der Waals surface area contributed by atoms with Gasteiger partial charge < -0.3 is 10.2 Å². The maximum Gasteiger partial charge on any atom is 0.0292 e. The van der Waals surface area contributed by atoms with Crippen molar-refractivity contribution in [3.63, 3.8) is 0 Å². The first-order chi connectivity index (χ1) is 9.29. The summed E-state index contributed by atoms with van der Waals surface area (Å²) < 4.78 is 0. The highest BCUT2D eigenvalue weighted by Crippen LogP contribution is 2.14. The quantitative estimate of drug-likeness (QED) is 0.808. The molecule has 106 valence electrons. The van der Waals surface area contributed by atoms with Gasteiger partial charge in [-0.05, 0) is 50.4 Å². The Bertz CT molecular complexity index is 352. The molecule has 1 heterocycles. The van der Waals surface area contributed by atoms with Crippen LogP contribution in [0.2, 0.25) is 0 Å². The Balaban J connectivity index is 1.73. The predicted molar refractivity (Wildman–Crippen MR) is 82.5 cm³/mol. The normalized spacial score (nSPS) is 17.8. The van der Waals surface area contributed by atoms with E-state index in [1.807, 2.05) is 0 Å². The minimum absolute atomic E-state index is 0.457. The number of benzene rings is 1.